The number of rotatable bonds is 15. The summed E-state index contributed by atoms with van der Waals surface area (Å²) >= 11 is 1.80. The molecule has 2 fully saturated rings. The van der Waals surface area contributed by atoms with Crippen LogP contribution in [0.2, 0.25) is 0 Å². The van der Waals surface area contributed by atoms with E-state index < -0.39 is 0 Å². The highest BCUT2D eigenvalue weighted by atomic mass is 32.2. The van der Waals surface area contributed by atoms with Crippen molar-refractivity contribution < 1.29 is 19.1 Å². The number of morpholine rings is 1. The first-order valence-electron chi connectivity index (χ1n) is 13.1. The fourth-order valence-electron chi connectivity index (χ4n) is 4.79. The molecule has 8 heteroatoms. The summed E-state index contributed by atoms with van der Waals surface area (Å²) in [5.41, 5.74) is 1.64. The third-order valence-electron chi connectivity index (χ3n) is 6.93. The summed E-state index contributed by atoms with van der Waals surface area (Å²) in [6, 6.07) is 5.49. The highest BCUT2D eigenvalue weighted by Crippen LogP contribution is 2.28. The van der Waals surface area contributed by atoms with Crippen molar-refractivity contribution in [1.82, 2.24) is 15.1 Å². The number of aldehydes is 1. The first-order valence-corrected chi connectivity index (χ1v) is 14.1. The van der Waals surface area contributed by atoms with Crippen LogP contribution in [-0.2, 0) is 20.9 Å². The molecule has 2 saturated heterocycles. The van der Waals surface area contributed by atoms with Crippen molar-refractivity contribution in [2.45, 2.75) is 75.3 Å². The molecule has 1 aromatic rings. The lowest BCUT2D eigenvalue weighted by molar-refractivity contribution is -0.137. The number of hydrogen-bond acceptors (Lipinski definition) is 7. The van der Waals surface area contributed by atoms with Crippen LogP contribution < -0.4 is 5.32 Å². The van der Waals surface area contributed by atoms with Gasteiger partial charge < -0.3 is 4.74 Å². The second kappa shape index (κ2) is 15.4. The zero-order chi connectivity index (χ0) is 24.9. The second-order valence-corrected chi connectivity index (χ2v) is 10.7. The van der Waals surface area contributed by atoms with Gasteiger partial charge in [-0.05, 0) is 50.2 Å². The van der Waals surface area contributed by atoms with Crippen LogP contribution in [0.25, 0.3) is 0 Å². The molecule has 1 N–H and O–H groups in total. The smallest absolute Gasteiger partial charge is 0.243 e. The van der Waals surface area contributed by atoms with Crippen LogP contribution in [-0.4, -0.2) is 79.6 Å². The van der Waals surface area contributed by atoms with Crippen LogP contribution in [0.1, 0.15) is 73.7 Å². The number of piperidine rings is 1. The molecule has 0 aromatic heterocycles. The quantitative estimate of drug-likeness (QED) is 0.168. The Labute approximate surface area is 214 Å². The molecule has 2 heterocycles. The van der Waals surface area contributed by atoms with Crippen molar-refractivity contribution in [2.75, 3.05) is 45.6 Å². The van der Waals surface area contributed by atoms with Gasteiger partial charge >= 0.3 is 0 Å². The number of hydrogen-bond donors (Lipinski definition) is 1. The highest BCUT2D eigenvalue weighted by Gasteiger charge is 2.30. The predicted octanol–water partition coefficient (Wildman–Crippen LogP) is 3.89. The maximum Gasteiger partial charge on any atom is 0.243 e. The molecule has 0 bridgehead atoms. The zero-order valence-electron chi connectivity index (χ0n) is 21.1. The first-order chi connectivity index (χ1) is 17.1. The normalized spacial score (nSPS) is 19.2. The number of nitrogens with zero attached hydrogens (tertiary/aromatic N) is 2. The van der Waals surface area contributed by atoms with E-state index in [0.29, 0.717) is 24.9 Å². The van der Waals surface area contributed by atoms with E-state index in [1.165, 1.54) is 45.1 Å². The third-order valence-corrected chi connectivity index (χ3v) is 8.11. The molecule has 2 aliphatic heterocycles. The number of likely N-dealkylation sites (N-methyl/N-ethyl adjacent to an activating group) is 1. The second-order valence-electron chi connectivity index (χ2n) is 9.60. The van der Waals surface area contributed by atoms with Crippen molar-refractivity contribution >= 4 is 29.9 Å². The Balaban J connectivity index is 1.35. The number of carbonyl (C=O) groups is 3. The molecule has 0 spiro atoms. The van der Waals surface area contributed by atoms with Crippen molar-refractivity contribution in [3.8, 4) is 0 Å². The molecule has 0 saturated carbocycles. The lowest BCUT2D eigenvalue weighted by Gasteiger charge is -2.30. The largest absolute Gasteiger partial charge is 0.379 e. The summed E-state index contributed by atoms with van der Waals surface area (Å²) in [6.07, 6.45) is 10.7. The summed E-state index contributed by atoms with van der Waals surface area (Å²) in [5.74, 6) is 0.564. The van der Waals surface area contributed by atoms with Gasteiger partial charge in [-0.3, -0.25) is 29.5 Å². The third kappa shape index (κ3) is 9.33. The van der Waals surface area contributed by atoms with Gasteiger partial charge in [0, 0.05) is 36.5 Å². The fourth-order valence-corrected chi connectivity index (χ4v) is 5.89. The van der Waals surface area contributed by atoms with Crippen LogP contribution in [0, 0.1) is 0 Å². The summed E-state index contributed by atoms with van der Waals surface area (Å²) < 4.78 is 5.40. The zero-order valence-corrected chi connectivity index (χ0v) is 22.0. The number of amides is 2. The van der Waals surface area contributed by atoms with Gasteiger partial charge in [0.05, 0.1) is 19.3 Å². The number of carbonyl (C=O) groups excluding carboxylic acids is 3. The lowest BCUT2D eigenvalue weighted by atomic mass is 10.0. The van der Waals surface area contributed by atoms with Crippen molar-refractivity contribution in [3.05, 3.63) is 29.3 Å². The lowest BCUT2D eigenvalue weighted by Crippen LogP contribution is -2.51. The molecule has 1 atom stereocenters. The van der Waals surface area contributed by atoms with E-state index in [-0.39, 0.29) is 17.9 Å². The van der Waals surface area contributed by atoms with E-state index in [0.717, 1.165) is 55.2 Å². The van der Waals surface area contributed by atoms with Gasteiger partial charge in [-0.15, -0.1) is 11.8 Å². The Bertz CT molecular complexity index is 829. The number of unbranched alkanes of at least 4 members (excludes halogenated alkanes) is 6. The van der Waals surface area contributed by atoms with Crippen molar-refractivity contribution in [2.24, 2.45) is 0 Å². The molecule has 3 rings (SSSR count). The van der Waals surface area contributed by atoms with E-state index in [4.69, 9.17) is 4.74 Å². The van der Waals surface area contributed by atoms with Crippen LogP contribution in [0.3, 0.4) is 0 Å². The standard InChI is InChI=1S/C27H41N3O4S/c1-29(24-12-13-26(32)28-27(24)33)20-23-22(21-31)10-9-11-25(23)35-19-8-6-4-2-3-5-7-14-30-15-17-34-18-16-30/h9-11,21,24H,2-8,12-20H2,1H3,(H,28,32,33). The molecule has 2 aliphatic rings. The van der Waals surface area contributed by atoms with Gasteiger partial charge in [0.15, 0.2) is 0 Å². The van der Waals surface area contributed by atoms with Gasteiger partial charge in [0.25, 0.3) is 0 Å². The van der Waals surface area contributed by atoms with Crippen LogP contribution in [0.4, 0.5) is 0 Å². The molecule has 35 heavy (non-hydrogen) atoms. The van der Waals surface area contributed by atoms with E-state index >= 15 is 0 Å². The van der Waals surface area contributed by atoms with Crippen LogP contribution in [0.15, 0.2) is 23.1 Å². The van der Waals surface area contributed by atoms with E-state index in [1.54, 1.807) is 11.8 Å². The first kappa shape index (κ1) is 27.8. The molecule has 194 valence electrons. The number of thioether (sulfide) groups is 1. The van der Waals surface area contributed by atoms with Crippen molar-refractivity contribution in [1.29, 1.82) is 0 Å². The van der Waals surface area contributed by atoms with Crippen LogP contribution >= 0.6 is 11.8 Å². The van der Waals surface area contributed by atoms with E-state index in [9.17, 15) is 14.4 Å². The number of benzene rings is 1. The van der Waals surface area contributed by atoms with Gasteiger partial charge in [0.2, 0.25) is 11.8 Å². The topological polar surface area (TPSA) is 79.0 Å². The Morgan fingerprint density at radius 1 is 1.09 bits per heavy atom. The summed E-state index contributed by atoms with van der Waals surface area (Å²) in [4.78, 5) is 41.0. The van der Waals surface area contributed by atoms with E-state index in [2.05, 4.69) is 16.3 Å². The molecule has 1 aromatic carbocycles. The molecule has 7 nitrogen and oxygen atoms in total. The minimum absolute atomic E-state index is 0.211. The Morgan fingerprint density at radius 3 is 2.51 bits per heavy atom. The van der Waals surface area contributed by atoms with Gasteiger partial charge in [-0.25, -0.2) is 0 Å². The Hall–Kier alpha value is -1.74. The molecule has 0 radical (unpaired) electrons. The minimum atomic E-state index is -0.348. The number of ether oxygens (including phenoxy) is 1. The number of nitrogens with one attached hydrogen (secondary N) is 1. The molecular weight excluding hydrogens is 462 g/mol. The SMILES string of the molecule is CN(Cc1c(C=O)cccc1SCCCCCCCCCN1CCOCC1)C1CCC(=O)NC1=O. The number of imide groups is 1. The highest BCUT2D eigenvalue weighted by molar-refractivity contribution is 7.99. The average Bonchev–Trinajstić information content (AvgIpc) is 2.86. The minimum Gasteiger partial charge on any atom is -0.379 e. The monoisotopic (exact) mass is 503 g/mol. The Morgan fingerprint density at radius 2 is 1.80 bits per heavy atom. The van der Waals surface area contributed by atoms with Crippen molar-refractivity contribution in [3.63, 3.8) is 0 Å². The fraction of sp³-hybridized carbons (Fsp3) is 0.667. The molecule has 2 amide bonds. The van der Waals surface area contributed by atoms with Gasteiger partial charge in [-0.1, -0.05) is 44.2 Å². The van der Waals surface area contributed by atoms with Gasteiger partial charge in [0.1, 0.15) is 6.29 Å². The maximum atomic E-state index is 12.2. The molecule has 0 aliphatic carbocycles. The molecular formula is C27H41N3O4S. The summed E-state index contributed by atoms with van der Waals surface area (Å²) in [6.45, 7) is 5.66. The van der Waals surface area contributed by atoms with E-state index in [1.807, 2.05) is 24.1 Å². The van der Waals surface area contributed by atoms with Crippen LogP contribution in [0.5, 0.6) is 0 Å². The predicted molar refractivity (Wildman–Crippen MR) is 140 cm³/mol. The average molecular weight is 504 g/mol. The van der Waals surface area contributed by atoms with Gasteiger partial charge in [-0.2, -0.15) is 0 Å². The summed E-state index contributed by atoms with van der Waals surface area (Å²) in [7, 11) is 1.89. The Kier molecular flexibility index (Phi) is 12.2. The molecule has 1 unspecified atom stereocenters. The maximum absolute atomic E-state index is 12.2. The summed E-state index contributed by atoms with van der Waals surface area (Å²) in [5, 5.41) is 2.42.